The molecule has 2 aliphatic rings. The van der Waals surface area contributed by atoms with Gasteiger partial charge in [-0.1, -0.05) is 6.07 Å². The van der Waals surface area contributed by atoms with E-state index in [1.807, 2.05) is 24.3 Å². The van der Waals surface area contributed by atoms with E-state index >= 15 is 0 Å². The van der Waals surface area contributed by atoms with Crippen LogP contribution in [0.1, 0.15) is 28.8 Å². The zero-order chi connectivity index (χ0) is 18.3. The Morgan fingerprint density at radius 1 is 1.15 bits per heavy atom. The lowest BCUT2D eigenvalue weighted by Gasteiger charge is -2.29. The molecule has 3 heterocycles. The molecule has 0 radical (unpaired) electrons. The number of imide groups is 1. The molecule has 132 valence electrons. The van der Waals surface area contributed by atoms with E-state index in [0.717, 1.165) is 16.7 Å². The average Bonchev–Trinajstić information content (AvgIpc) is 2.98. The molecule has 26 heavy (non-hydrogen) atoms. The molecule has 1 fully saturated rings. The van der Waals surface area contributed by atoms with E-state index in [-0.39, 0.29) is 18.2 Å². The predicted molar refractivity (Wildman–Crippen MR) is 92.3 cm³/mol. The van der Waals surface area contributed by atoms with Gasteiger partial charge in [-0.25, -0.2) is 4.98 Å². The summed E-state index contributed by atoms with van der Waals surface area (Å²) in [5.74, 6) is -0.344. The lowest BCUT2D eigenvalue weighted by molar-refractivity contribution is -0.136. The number of methoxy groups -OCH3 is 1. The lowest BCUT2D eigenvalue weighted by atomic mass is 10.0. The maximum absolute atomic E-state index is 12.7. The first-order valence-corrected chi connectivity index (χ1v) is 8.35. The number of carbonyl (C=O) groups excluding carboxylic acids is 3. The molecule has 3 amide bonds. The van der Waals surface area contributed by atoms with E-state index < -0.39 is 11.9 Å². The fourth-order valence-corrected chi connectivity index (χ4v) is 3.45. The van der Waals surface area contributed by atoms with Crippen molar-refractivity contribution in [3.8, 4) is 17.0 Å². The number of nitrogens with one attached hydrogen (secondary N) is 1. The highest BCUT2D eigenvalue weighted by Gasteiger charge is 2.39. The number of nitrogens with zero attached hydrogens (tertiary/aromatic N) is 2. The first kappa shape index (κ1) is 16.3. The minimum absolute atomic E-state index is 0.173. The van der Waals surface area contributed by atoms with Crippen LogP contribution in [0.25, 0.3) is 11.1 Å². The van der Waals surface area contributed by atoms with Gasteiger partial charge in [0.05, 0.1) is 7.11 Å². The summed E-state index contributed by atoms with van der Waals surface area (Å²) in [6.07, 6.45) is 2.28. The van der Waals surface area contributed by atoms with E-state index in [9.17, 15) is 14.4 Å². The molecule has 7 heteroatoms. The molecule has 0 saturated carbocycles. The fraction of sp³-hybridized carbons (Fsp3) is 0.263. The highest BCUT2D eigenvalue weighted by atomic mass is 16.5. The van der Waals surface area contributed by atoms with Crippen LogP contribution in [0.5, 0.6) is 5.88 Å². The van der Waals surface area contributed by atoms with Gasteiger partial charge >= 0.3 is 0 Å². The zero-order valence-electron chi connectivity index (χ0n) is 14.2. The molecule has 4 rings (SSSR count). The number of hydrogen-bond acceptors (Lipinski definition) is 5. The van der Waals surface area contributed by atoms with Crippen molar-refractivity contribution in [3.63, 3.8) is 0 Å². The van der Waals surface area contributed by atoms with Crippen LogP contribution < -0.4 is 10.1 Å². The number of aromatic nitrogens is 1. The Kier molecular flexibility index (Phi) is 3.91. The minimum Gasteiger partial charge on any atom is -0.481 e. The van der Waals surface area contributed by atoms with Crippen molar-refractivity contribution in [2.24, 2.45) is 0 Å². The van der Waals surface area contributed by atoms with Crippen LogP contribution in [0.2, 0.25) is 0 Å². The first-order valence-electron chi connectivity index (χ1n) is 8.35. The van der Waals surface area contributed by atoms with Crippen LogP contribution in [0.3, 0.4) is 0 Å². The fourth-order valence-electron chi connectivity index (χ4n) is 3.45. The van der Waals surface area contributed by atoms with Crippen molar-refractivity contribution in [2.45, 2.75) is 25.4 Å². The molecule has 0 aliphatic carbocycles. The summed E-state index contributed by atoms with van der Waals surface area (Å²) in [6, 6.07) is 8.71. The molecule has 7 nitrogen and oxygen atoms in total. The minimum atomic E-state index is -0.600. The molecular formula is C19H17N3O4. The van der Waals surface area contributed by atoms with Crippen LogP contribution in [0.4, 0.5) is 0 Å². The van der Waals surface area contributed by atoms with Gasteiger partial charge in [0.1, 0.15) is 6.04 Å². The van der Waals surface area contributed by atoms with Crippen molar-refractivity contribution in [3.05, 3.63) is 47.7 Å². The molecule has 1 aromatic carbocycles. The monoisotopic (exact) mass is 351 g/mol. The van der Waals surface area contributed by atoms with Crippen molar-refractivity contribution >= 4 is 17.7 Å². The Balaban J connectivity index is 1.62. The van der Waals surface area contributed by atoms with Crippen LogP contribution in [0, 0.1) is 0 Å². The number of fused-ring (bicyclic) bond motifs is 1. The van der Waals surface area contributed by atoms with E-state index in [0.29, 0.717) is 24.4 Å². The molecule has 0 bridgehead atoms. The van der Waals surface area contributed by atoms with Crippen molar-refractivity contribution in [1.82, 2.24) is 15.2 Å². The molecule has 1 atom stereocenters. The van der Waals surface area contributed by atoms with Gasteiger partial charge in [0.2, 0.25) is 17.7 Å². The smallest absolute Gasteiger partial charge is 0.255 e. The van der Waals surface area contributed by atoms with Gasteiger partial charge in [0.15, 0.2) is 0 Å². The molecule has 1 saturated heterocycles. The maximum atomic E-state index is 12.7. The quantitative estimate of drug-likeness (QED) is 0.847. The number of hydrogen-bond donors (Lipinski definition) is 1. The summed E-state index contributed by atoms with van der Waals surface area (Å²) in [5.41, 5.74) is 3.35. The van der Waals surface area contributed by atoms with Crippen molar-refractivity contribution in [1.29, 1.82) is 0 Å². The largest absolute Gasteiger partial charge is 0.481 e. The first-order chi connectivity index (χ1) is 12.6. The Morgan fingerprint density at radius 2 is 1.96 bits per heavy atom. The Hall–Kier alpha value is -3.22. The van der Waals surface area contributed by atoms with Gasteiger partial charge in [-0.05, 0) is 41.3 Å². The number of ether oxygens (including phenoxy) is 1. The van der Waals surface area contributed by atoms with E-state index in [1.54, 1.807) is 24.3 Å². The molecule has 1 aromatic heterocycles. The summed E-state index contributed by atoms with van der Waals surface area (Å²) in [5, 5.41) is 2.31. The Labute approximate surface area is 150 Å². The summed E-state index contributed by atoms with van der Waals surface area (Å²) in [6.45, 7) is 0.358. The summed E-state index contributed by atoms with van der Waals surface area (Å²) < 4.78 is 5.16. The highest BCUT2D eigenvalue weighted by molar-refractivity contribution is 6.05. The molecule has 2 aliphatic heterocycles. The third-order valence-electron chi connectivity index (χ3n) is 4.80. The van der Waals surface area contributed by atoms with Gasteiger partial charge in [-0.15, -0.1) is 0 Å². The van der Waals surface area contributed by atoms with Gasteiger partial charge in [-0.2, -0.15) is 0 Å². The molecular weight excluding hydrogens is 334 g/mol. The van der Waals surface area contributed by atoms with Crippen LogP contribution >= 0.6 is 0 Å². The van der Waals surface area contributed by atoms with E-state index in [2.05, 4.69) is 10.3 Å². The van der Waals surface area contributed by atoms with Gasteiger partial charge < -0.3 is 9.64 Å². The lowest BCUT2D eigenvalue weighted by Crippen LogP contribution is -2.52. The predicted octanol–water partition coefficient (Wildman–Crippen LogP) is 1.52. The summed E-state index contributed by atoms with van der Waals surface area (Å²) in [7, 11) is 1.56. The van der Waals surface area contributed by atoms with E-state index in [4.69, 9.17) is 4.74 Å². The van der Waals surface area contributed by atoms with Gasteiger partial charge in [-0.3, -0.25) is 19.7 Å². The summed E-state index contributed by atoms with van der Waals surface area (Å²) in [4.78, 5) is 41.8. The average molecular weight is 351 g/mol. The van der Waals surface area contributed by atoms with E-state index in [1.165, 1.54) is 0 Å². The standard InChI is InChI=1S/C19H17N3O4/c1-26-17-9-12(6-7-20-17)11-2-3-14-13(8-11)10-22(19(14)25)15-4-5-16(23)21-18(15)24/h2-3,6-9,15H,4-5,10H2,1H3,(H,21,23,24). The van der Waals surface area contributed by atoms with Crippen molar-refractivity contribution in [2.75, 3.05) is 7.11 Å². The normalized spacial score (nSPS) is 19.3. The third kappa shape index (κ3) is 2.71. The van der Waals surface area contributed by atoms with Gasteiger partial charge in [0, 0.05) is 30.8 Å². The SMILES string of the molecule is COc1cc(-c2ccc3c(c2)CN(C2CCC(=O)NC2=O)C3=O)ccn1. The number of carbonyl (C=O) groups is 3. The summed E-state index contributed by atoms with van der Waals surface area (Å²) >= 11 is 0. The third-order valence-corrected chi connectivity index (χ3v) is 4.80. The number of rotatable bonds is 3. The Bertz CT molecular complexity index is 925. The number of piperidine rings is 1. The van der Waals surface area contributed by atoms with Crippen LogP contribution in [-0.4, -0.2) is 40.8 Å². The second-order valence-corrected chi connectivity index (χ2v) is 6.36. The molecule has 1 unspecified atom stereocenters. The second-order valence-electron chi connectivity index (χ2n) is 6.36. The number of amides is 3. The highest BCUT2D eigenvalue weighted by Crippen LogP contribution is 2.31. The molecule has 1 N–H and O–H groups in total. The number of benzene rings is 1. The van der Waals surface area contributed by atoms with Gasteiger partial charge in [0.25, 0.3) is 5.91 Å². The number of pyridine rings is 1. The Morgan fingerprint density at radius 3 is 2.73 bits per heavy atom. The second kappa shape index (κ2) is 6.25. The maximum Gasteiger partial charge on any atom is 0.255 e. The van der Waals surface area contributed by atoms with Crippen LogP contribution in [0.15, 0.2) is 36.5 Å². The van der Waals surface area contributed by atoms with Crippen LogP contribution in [-0.2, 0) is 16.1 Å². The van der Waals surface area contributed by atoms with Crippen molar-refractivity contribution < 1.29 is 19.1 Å². The zero-order valence-corrected chi connectivity index (χ0v) is 14.2. The topological polar surface area (TPSA) is 88.6 Å². The molecule has 2 aromatic rings. The molecule has 0 spiro atoms.